The summed E-state index contributed by atoms with van der Waals surface area (Å²) < 4.78 is 0. The van der Waals surface area contributed by atoms with Gasteiger partial charge in [0, 0.05) is 24.7 Å². The van der Waals surface area contributed by atoms with Gasteiger partial charge in [0.15, 0.2) is 0 Å². The molecule has 3 aromatic carbocycles. The number of aliphatic hydroxyl groups is 1. The number of aryl methyl sites for hydroxylation is 1. The van der Waals surface area contributed by atoms with Crippen molar-refractivity contribution in [2.75, 3.05) is 6.54 Å². The molecule has 0 bridgehead atoms. The van der Waals surface area contributed by atoms with E-state index in [1.807, 2.05) is 69.3 Å². The molecule has 0 spiro atoms. The number of hydrogen-bond donors (Lipinski definition) is 5. The van der Waals surface area contributed by atoms with Gasteiger partial charge in [-0.1, -0.05) is 54.1 Å². The van der Waals surface area contributed by atoms with Gasteiger partial charge in [-0.15, -0.1) is 0 Å². The number of aromatic hydroxyl groups is 2. The molecule has 0 radical (unpaired) electrons. The number of nitrogens with one attached hydrogen (secondary N) is 2. The first-order chi connectivity index (χ1) is 16.1. The summed E-state index contributed by atoms with van der Waals surface area (Å²) >= 11 is 0. The number of amides is 1. The minimum absolute atomic E-state index is 0.0207. The molecule has 0 aliphatic heterocycles. The fraction of sp³-hybridized carbons (Fsp3) is 0.321. The van der Waals surface area contributed by atoms with Crippen molar-refractivity contribution in [3.05, 3.63) is 94.5 Å². The molecule has 180 valence electrons. The molecule has 0 saturated heterocycles. The predicted octanol–water partition coefficient (Wildman–Crippen LogP) is 3.91. The maximum absolute atomic E-state index is 12.4. The molecular weight excluding hydrogens is 428 g/mol. The van der Waals surface area contributed by atoms with Crippen LogP contribution in [0.5, 0.6) is 11.5 Å². The van der Waals surface area contributed by atoms with Crippen LogP contribution in [-0.4, -0.2) is 33.3 Å². The quantitative estimate of drug-likeness (QED) is 0.314. The summed E-state index contributed by atoms with van der Waals surface area (Å²) in [6.07, 6.45) is 0.137. The molecule has 0 saturated carbocycles. The van der Waals surface area contributed by atoms with Crippen molar-refractivity contribution in [3.63, 3.8) is 0 Å². The Morgan fingerprint density at radius 1 is 0.912 bits per heavy atom. The normalized spacial score (nSPS) is 12.4. The minimum atomic E-state index is -0.874. The Morgan fingerprint density at radius 3 is 2.24 bits per heavy atom. The number of aliphatic hydroxyl groups excluding tert-OH is 1. The van der Waals surface area contributed by atoms with Gasteiger partial charge in [0.1, 0.15) is 11.5 Å². The first-order valence-corrected chi connectivity index (χ1v) is 11.5. The summed E-state index contributed by atoms with van der Waals surface area (Å²) in [6, 6.07) is 20.2. The van der Waals surface area contributed by atoms with E-state index in [9.17, 15) is 20.1 Å². The topological polar surface area (TPSA) is 102 Å². The monoisotopic (exact) mass is 462 g/mol. The summed E-state index contributed by atoms with van der Waals surface area (Å²) in [5.74, 6) is -0.200. The number of rotatable bonds is 10. The number of carbonyl (C=O) groups excluding carboxylic acids is 1. The molecule has 0 fully saturated rings. The van der Waals surface area contributed by atoms with Crippen LogP contribution in [0.15, 0.2) is 66.7 Å². The Balaban J connectivity index is 1.52. The number of carbonyl (C=O) groups is 1. The Labute approximate surface area is 201 Å². The van der Waals surface area contributed by atoms with Crippen LogP contribution in [-0.2, 0) is 24.2 Å². The molecule has 0 heterocycles. The van der Waals surface area contributed by atoms with E-state index in [0.717, 1.165) is 16.7 Å². The van der Waals surface area contributed by atoms with Crippen molar-refractivity contribution in [1.29, 1.82) is 0 Å². The third-order valence-electron chi connectivity index (χ3n) is 5.70. The molecule has 0 aliphatic carbocycles. The molecule has 5 N–H and O–H groups in total. The second-order valence-electron chi connectivity index (χ2n) is 9.50. The van der Waals surface area contributed by atoms with Crippen molar-refractivity contribution in [3.8, 4) is 11.5 Å². The minimum Gasteiger partial charge on any atom is -0.508 e. The largest absolute Gasteiger partial charge is 0.508 e. The summed E-state index contributed by atoms with van der Waals surface area (Å²) in [5, 5.41) is 36.1. The first-order valence-electron chi connectivity index (χ1n) is 11.5. The summed E-state index contributed by atoms with van der Waals surface area (Å²) in [4.78, 5) is 12.4. The van der Waals surface area contributed by atoms with Gasteiger partial charge in [-0.3, -0.25) is 4.79 Å². The number of phenols is 2. The molecule has 34 heavy (non-hydrogen) atoms. The lowest BCUT2D eigenvalue weighted by Gasteiger charge is -2.28. The van der Waals surface area contributed by atoms with Gasteiger partial charge in [-0.2, -0.15) is 0 Å². The molecule has 0 unspecified atom stereocenters. The average molecular weight is 463 g/mol. The van der Waals surface area contributed by atoms with Crippen LogP contribution in [0.4, 0.5) is 0 Å². The van der Waals surface area contributed by atoms with E-state index in [4.69, 9.17) is 0 Å². The van der Waals surface area contributed by atoms with Crippen LogP contribution in [0.25, 0.3) is 0 Å². The van der Waals surface area contributed by atoms with Crippen molar-refractivity contribution < 1.29 is 20.1 Å². The van der Waals surface area contributed by atoms with Crippen LogP contribution in [0, 0.1) is 6.92 Å². The van der Waals surface area contributed by atoms with Crippen LogP contribution in [0.3, 0.4) is 0 Å². The van der Waals surface area contributed by atoms with E-state index in [2.05, 4.69) is 10.6 Å². The number of benzene rings is 3. The van der Waals surface area contributed by atoms with Crippen molar-refractivity contribution in [2.45, 2.75) is 51.8 Å². The lowest BCUT2D eigenvalue weighted by atomic mass is 9.93. The molecule has 3 rings (SSSR count). The van der Waals surface area contributed by atoms with Gasteiger partial charge >= 0.3 is 0 Å². The zero-order valence-electron chi connectivity index (χ0n) is 20.0. The zero-order valence-corrected chi connectivity index (χ0v) is 20.0. The van der Waals surface area contributed by atoms with E-state index < -0.39 is 6.10 Å². The van der Waals surface area contributed by atoms with Crippen LogP contribution in [0.1, 0.15) is 47.8 Å². The molecule has 0 aromatic heterocycles. The molecule has 0 aliphatic rings. The Morgan fingerprint density at radius 2 is 1.56 bits per heavy atom. The maximum atomic E-state index is 12.4. The van der Waals surface area contributed by atoms with E-state index >= 15 is 0 Å². The van der Waals surface area contributed by atoms with E-state index in [0.29, 0.717) is 24.9 Å². The second-order valence-corrected chi connectivity index (χ2v) is 9.50. The summed E-state index contributed by atoms with van der Waals surface area (Å²) in [5.41, 5.74) is 4.42. The highest BCUT2D eigenvalue weighted by molar-refractivity contribution is 5.78. The molecule has 3 aromatic rings. The van der Waals surface area contributed by atoms with E-state index in [-0.39, 0.29) is 29.5 Å². The first kappa shape index (κ1) is 25.3. The third-order valence-corrected chi connectivity index (χ3v) is 5.70. The van der Waals surface area contributed by atoms with Crippen molar-refractivity contribution in [1.82, 2.24) is 10.6 Å². The van der Waals surface area contributed by atoms with Gasteiger partial charge in [0.2, 0.25) is 5.91 Å². The molecule has 6 nitrogen and oxygen atoms in total. The van der Waals surface area contributed by atoms with E-state index in [1.165, 1.54) is 23.8 Å². The highest BCUT2D eigenvalue weighted by Crippen LogP contribution is 2.25. The van der Waals surface area contributed by atoms with Gasteiger partial charge in [0.05, 0.1) is 12.5 Å². The fourth-order valence-electron chi connectivity index (χ4n) is 3.88. The van der Waals surface area contributed by atoms with Crippen LogP contribution >= 0.6 is 0 Å². The van der Waals surface area contributed by atoms with Crippen LogP contribution < -0.4 is 10.6 Å². The highest BCUT2D eigenvalue weighted by Gasteiger charge is 2.20. The summed E-state index contributed by atoms with van der Waals surface area (Å²) in [7, 11) is 0. The van der Waals surface area contributed by atoms with Crippen LogP contribution in [0.2, 0.25) is 0 Å². The molecule has 1 amide bonds. The Hall–Kier alpha value is -3.35. The molecular formula is C28H34N2O4. The lowest BCUT2D eigenvalue weighted by Crippen LogP contribution is -2.43. The van der Waals surface area contributed by atoms with Gasteiger partial charge in [-0.25, -0.2) is 0 Å². The standard InChI is InChI=1S/C28H34N2O4/c1-19-7-9-20(10-8-19)17-29-27(34)12-21-5-4-6-22(11-21)16-28(2,3)30-18-26(33)23-13-24(31)15-25(32)14-23/h4-11,13-15,26,30-33H,12,16-18H2,1-3H3,(H,29,34)/t26-/m0/s1. The number of hydrogen-bond acceptors (Lipinski definition) is 5. The maximum Gasteiger partial charge on any atom is 0.224 e. The average Bonchev–Trinajstić information content (AvgIpc) is 2.76. The zero-order chi connectivity index (χ0) is 24.7. The third kappa shape index (κ3) is 7.90. The molecule has 1 atom stereocenters. The summed E-state index contributed by atoms with van der Waals surface area (Å²) in [6.45, 7) is 6.89. The highest BCUT2D eigenvalue weighted by atomic mass is 16.3. The number of β-amino-alcohol motifs (C(OH)–C–C–N with tert-alkyl or cyclic N) is 1. The lowest BCUT2D eigenvalue weighted by molar-refractivity contribution is -0.120. The van der Waals surface area contributed by atoms with Crippen molar-refractivity contribution >= 4 is 5.91 Å². The predicted molar refractivity (Wildman–Crippen MR) is 134 cm³/mol. The number of phenolic OH excluding ortho intramolecular Hbond substituents is 2. The second kappa shape index (κ2) is 11.2. The fourth-order valence-corrected chi connectivity index (χ4v) is 3.88. The smallest absolute Gasteiger partial charge is 0.224 e. The van der Waals surface area contributed by atoms with Crippen molar-refractivity contribution in [2.24, 2.45) is 0 Å². The van der Waals surface area contributed by atoms with Gasteiger partial charge < -0.3 is 26.0 Å². The molecule has 6 heteroatoms. The van der Waals surface area contributed by atoms with E-state index in [1.54, 1.807) is 0 Å². The van der Waals surface area contributed by atoms with Gasteiger partial charge in [-0.05, 0) is 61.6 Å². The Kier molecular flexibility index (Phi) is 8.31. The SMILES string of the molecule is Cc1ccc(CNC(=O)Cc2cccc(CC(C)(C)NC[C@H](O)c3cc(O)cc(O)c3)c2)cc1. The van der Waals surface area contributed by atoms with Gasteiger partial charge in [0.25, 0.3) is 0 Å². The Bertz CT molecular complexity index is 1090.